The number of unbranched alkanes of at least 4 members (excludes halogenated alkanes) is 7. The van der Waals surface area contributed by atoms with Crippen LogP contribution in [0, 0.1) is 0 Å². The lowest BCUT2D eigenvalue weighted by Crippen LogP contribution is -2.49. The van der Waals surface area contributed by atoms with Crippen molar-refractivity contribution in [2.75, 3.05) is 27.4 Å². The second kappa shape index (κ2) is 21.2. The van der Waals surface area contributed by atoms with E-state index < -0.39 is 30.4 Å². The number of nitrogens with two attached hydrogens (primary N) is 1. The molecule has 6 rings (SSSR count). The van der Waals surface area contributed by atoms with Crippen molar-refractivity contribution in [2.24, 2.45) is 5.73 Å². The normalized spacial score (nSPS) is 12.6. The Kier molecular flexibility index (Phi) is 15.4. The van der Waals surface area contributed by atoms with Crippen LogP contribution in [0.2, 0.25) is 0 Å². The standard InChI is InChI=1S/C50H56N2O8/c1-57-39-30-26-37(27-31-39)50(36-18-10-9-11-19-36,38-28-32-40(58-2)33-29-38)60-47(25-13-8-6-4-3-5-7-12-24-46(51)53)52(34-48(54)55)49(56)59-35-45-43-22-16-14-20-41(43)42-21-15-17-23-44(42)45/h9-11,14-23,26-33,45,47H,3-8,12-13,24-25,34-35H2,1-2H3,(H2,51,53)(H,54,55). The van der Waals surface area contributed by atoms with Crippen LogP contribution in [0.1, 0.15) is 97.9 Å². The zero-order valence-corrected chi connectivity index (χ0v) is 34.6. The molecule has 2 amide bonds. The molecular weight excluding hydrogens is 757 g/mol. The van der Waals surface area contributed by atoms with Gasteiger partial charge in [0.25, 0.3) is 0 Å². The quantitative estimate of drug-likeness (QED) is 0.0378. The highest BCUT2D eigenvalue weighted by Gasteiger charge is 2.43. The maximum Gasteiger partial charge on any atom is 0.412 e. The lowest BCUT2D eigenvalue weighted by atomic mass is 9.79. The number of benzene rings is 5. The molecule has 0 aromatic heterocycles. The maximum absolute atomic E-state index is 14.6. The molecule has 1 unspecified atom stereocenters. The van der Waals surface area contributed by atoms with Gasteiger partial charge in [0.05, 0.1) is 14.2 Å². The van der Waals surface area contributed by atoms with Crippen molar-refractivity contribution in [3.63, 3.8) is 0 Å². The SMILES string of the molecule is COc1ccc(C(OC(CCCCCCCCCCC(N)=O)N(CC(=O)O)C(=O)OCC2c3ccccc3-c3ccccc32)(c2ccccc2)c2ccc(OC)cc2)cc1. The molecule has 0 saturated carbocycles. The summed E-state index contributed by atoms with van der Waals surface area (Å²) in [6, 6.07) is 41.1. The Balaban J connectivity index is 1.35. The minimum atomic E-state index is -1.32. The zero-order valence-electron chi connectivity index (χ0n) is 34.6. The largest absolute Gasteiger partial charge is 0.497 e. The highest BCUT2D eigenvalue weighted by molar-refractivity contribution is 5.80. The van der Waals surface area contributed by atoms with E-state index in [9.17, 15) is 19.5 Å². The maximum atomic E-state index is 14.6. The minimum absolute atomic E-state index is 0.0237. The highest BCUT2D eigenvalue weighted by Crippen LogP contribution is 2.46. The van der Waals surface area contributed by atoms with Crippen LogP contribution in [-0.4, -0.2) is 61.6 Å². The predicted octanol–water partition coefficient (Wildman–Crippen LogP) is 10.1. The van der Waals surface area contributed by atoms with Gasteiger partial charge in [-0.05, 0) is 82.5 Å². The van der Waals surface area contributed by atoms with Gasteiger partial charge in [-0.1, -0.05) is 142 Å². The number of nitrogens with zero attached hydrogens (tertiary/aromatic N) is 1. The summed E-state index contributed by atoms with van der Waals surface area (Å²) >= 11 is 0. The van der Waals surface area contributed by atoms with E-state index in [2.05, 4.69) is 12.1 Å². The van der Waals surface area contributed by atoms with Gasteiger partial charge in [-0.2, -0.15) is 0 Å². The summed E-state index contributed by atoms with van der Waals surface area (Å²) in [5.41, 5.74) is 10.6. The van der Waals surface area contributed by atoms with Crippen molar-refractivity contribution < 1.29 is 38.4 Å². The molecule has 1 aliphatic carbocycles. The van der Waals surface area contributed by atoms with Crippen molar-refractivity contribution >= 4 is 18.0 Å². The van der Waals surface area contributed by atoms with E-state index in [0.29, 0.717) is 30.8 Å². The number of aliphatic carboxylic acids is 1. The second-order valence-electron chi connectivity index (χ2n) is 15.2. The summed E-state index contributed by atoms with van der Waals surface area (Å²) in [4.78, 5) is 39.6. The summed E-state index contributed by atoms with van der Waals surface area (Å²) in [5, 5.41) is 10.4. The van der Waals surface area contributed by atoms with Gasteiger partial charge in [0.2, 0.25) is 5.91 Å². The molecule has 5 aromatic carbocycles. The molecule has 0 aliphatic heterocycles. The van der Waals surface area contributed by atoms with Gasteiger partial charge in [-0.15, -0.1) is 0 Å². The molecule has 3 N–H and O–H groups in total. The van der Waals surface area contributed by atoms with Gasteiger partial charge in [-0.3, -0.25) is 14.5 Å². The summed E-state index contributed by atoms with van der Waals surface area (Å²) in [6.07, 6.45) is 6.24. The summed E-state index contributed by atoms with van der Waals surface area (Å²) in [7, 11) is 3.22. The molecule has 1 aliphatic rings. The Bertz CT molecular complexity index is 2060. The average Bonchev–Trinajstić information content (AvgIpc) is 3.60. The van der Waals surface area contributed by atoms with Crippen LogP contribution >= 0.6 is 0 Å². The average molecular weight is 813 g/mol. The van der Waals surface area contributed by atoms with E-state index in [4.69, 9.17) is 24.7 Å². The molecule has 0 radical (unpaired) electrons. The van der Waals surface area contributed by atoms with Crippen molar-refractivity contribution in [1.29, 1.82) is 0 Å². The number of hydrogen-bond acceptors (Lipinski definition) is 7. The summed E-state index contributed by atoms with van der Waals surface area (Å²) in [6.45, 7) is -0.612. The molecule has 0 bridgehead atoms. The number of carboxylic acids is 1. The van der Waals surface area contributed by atoms with Crippen LogP contribution in [0.5, 0.6) is 11.5 Å². The number of ether oxygens (including phenoxy) is 4. The van der Waals surface area contributed by atoms with Gasteiger partial charge in [0.15, 0.2) is 0 Å². The van der Waals surface area contributed by atoms with Crippen molar-refractivity contribution in [1.82, 2.24) is 4.90 Å². The van der Waals surface area contributed by atoms with Crippen LogP contribution in [0.25, 0.3) is 11.1 Å². The second-order valence-corrected chi connectivity index (χ2v) is 15.2. The lowest BCUT2D eigenvalue weighted by Gasteiger charge is -2.42. The minimum Gasteiger partial charge on any atom is -0.497 e. The molecule has 0 heterocycles. The number of methoxy groups -OCH3 is 2. The van der Waals surface area contributed by atoms with Gasteiger partial charge in [0.1, 0.15) is 36.5 Å². The first kappa shape index (κ1) is 43.4. The molecule has 1 atom stereocenters. The molecule has 5 aromatic rings. The summed E-state index contributed by atoms with van der Waals surface area (Å²) in [5.74, 6) is -0.355. The molecule has 0 spiro atoms. The Labute approximate surface area is 353 Å². The van der Waals surface area contributed by atoms with Crippen LogP contribution in [0.15, 0.2) is 127 Å². The molecule has 10 nitrogen and oxygen atoms in total. The fraction of sp³-hybridized carbons (Fsp3) is 0.340. The molecule has 0 saturated heterocycles. The number of rotatable bonds is 23. The first-order valence-electron chi connectivity index (χ1n) is 20.9. The zero-order chi connectivity index (χ0) is 42.3. The topological polar surface area (TPSA) is 138 Å². The van der Waals surface area contributed by atoms with E-state index in [-0.39, 0.29) is 18.4 Å². The van der Waals surface area contributed by atoms with Gasteiger partial charge in [0, 0.05) is 12.3 Å². The van der Waals surface area contributed by atoms with E-state index in [0.717, 1.165) is 83.9 Å². The Hall–Kier alpha value is -6.13. The van der Waals surface area contributed by atoms with Crippen LogP contribution in [-0.2, 0) is 24.7 Å². The smallest absolute Gasteiger partial charge is 0.412 e. The fourth-order valence-corrected chi connectivity index (χ4v) is 8.30. The molecule has 314 valence electrons. The van der Waals surface area contributed by atoms with Gasteiger partial charge >= 0.3 is 12.1 Å². The number of fused-ring (bicyclic) bond motifs is 3. The Morgan fingerprint density at radius 2 is 1.10 bits per heavy atom. The van der Waals surface area contributed by atoms with Crippen molar-refractivity contribution in [2.45, 2.75) is 82.0 Å². The fourth-order valence-electron chi connectivity index (χ4n) is 8.30. The number of carboxylic acid groups (broad SMARTS) is 1. The lowest BCUT2D eigenvalue weighted by molar-refractivity contribution is -0.149. The van der Waals surface area contributed by atoms with Crippen molar-refractivity contribution in [3.8, 4) is 22.6 Å². The Morgan fingerprint density at radius 3 is 1.60 bits per heavy atom. The van der Waals surface area contributed by atoms with E-state index >= 15 is 0 Å². The van der Waals surface area contributed by atoms with Gasteiger partial charge < -0.3 is 29.8 Å². The van der Waals surface area contributed by atoms with Crippen LogP contribution in [0.3, 0.4) is 0 Å². The first-order chi connectivity index (χ1) is 29.2. The number of primary amides is 1. The first-order valence-corrected chi connectivity index (χ1v) is 20.9. The molecule has 10 heteroatoms. The van der Waals surface area contributed by atoms with Crippen LogP contribution < -0.4 is 15.2 Å². The third-order valence-corrected chi connectivity index (χ3v) is 11.3. The van der Waals surface area contributed by atoms with E-state index in [1.54, 1.807) is 14.2 Å². The third kappa shape index (κ3) is 10.5. The molecule has 60 heavy (non-hydrogen) atoms. The summed E-state index contributed by atoms with van der Waals surface area (Å²) < 4.78 is 24.7. The molecule has 0 fully saturated rings. The van der Waals surface area contributed by atoms with E-state index in [1.807, 2.05) is 115 Å². The third-order valence-electron chi connectivity index (χ3n) is 11.3. The van der Waals surface area contributed by atoms with Crippen LogP contribution in [0.4, 0.5) is 4.79 Å². The number of amides is 2. The number of hydrogen-bond donors (Lipinski definition) is 2. The van der Waals surface area contributed by atoms with Crippen molar-refractivity contribution in [3.05, 3.63) is 155 Å². The monoisotopic (exact) mass is 812 g/mol. The number of carbonyl (C=O) groups excluding carboxylic acids is 2. The van der Waals surface area contributed by atoms with Gasteiger partial charge in [-0.25, -0.2) is 4.79 Å². The van der Waals surface area contributed by atoms with E-state index in [1.165, 1.54) is 4.90 Å². The number of carbonyl (C=O) groups is 3. The highest BCUT2D eigenvalue weighted by atomic mass is 16.6. The Morgan fingerprint density at radius 1 is 0.633 bits per heavy atom. The molecular formula is C50H56N2O8. The predicted molar refractivity (Wildman–Crippen MR) is 232 cm³/mol.